The molecule has 4 nitrogen and oxygen atoms in total. The standard InChI is InChI=1S/C16H17F2NO3/c17-12-5-4-10(8-13(12)18)19-15(21)11-9-14(20)22-16(11)6-2-1-3-7-16/h4-5,8,11H,1-3,6-7,9H2,(H,19,21)/t11-/m0/s1. The van der Waals surface area contributed by atoms with Crippen LogP contribution in [0.5, 0.6) is 0 Å². The summed E-state index contributed by atoms with van der Waals surface area (Å²) in [4.78, 5) is 24.1. The number of nitrogens with one attached hydrogen (secondary N) is 1. The lowest BCUT2D eigenvalue weighted by Crippen LogP contribution is -2.43. The molecule has 1 aromatic carbocycles. The Labute approximate surface area is 126 Å². The summed E-state index contributed by atoms with van der Waals surface area (Å²) in [6.07, 6.45) is 4.29. The third-order valence-electron chi connectivity index (χ3n) is 4.53. The summed E-state index contributed by atoms with van der Waals surface area (Å²) in [7, 11) is 0. The molecule has 1 N–H and O–H groups in total. The highest BCUT2D eigenvalue weighted by Crippen LogP contribution is 2.44. The molecule has 0 unspecified atom stereocenters. The lowest BCUT2D eigenvalue weighted by Gasteiger charge is -2.36. The molecule has 1 aromatic rings. The SMILES string of the molecule is O=C1C[C@@H](C(=O)Nc2ccc(F)c(F)c2)C2(CCCCC2)O1. The number of hydrogen-bond acceptors (Lipinski definition) is 3. The van der Waals surface area contributed by atoms with Gasteiger partial charge in [0.2, 0.25) is 5.91 Å². The highest BCUT2D eigenvalue weighted by atomic mass is 19.2. The van der Waals surface area contributed by atoms with Gasteiger partial charge in [-0.15, -0.1) is 0 Å². The van der Waals surface area contributed by atoms with Crippen molar-refractivity contribution in [2.45, 2.75) is 44.1 Å². The smallest absolute Gasteiger partial charge is 0.307 e. The molecule has 6 heteroatoms. The summed E-state index contributed by atoms with van der Waals surface area (Å²) < 4.78 is 31.6. The highest BCUT2D eigenvalue weighted by Gasteiger charge is 2.52. The molecule has 1 heterocycles. The first-order valence-electron chi connectivity index (χ1n) is 7.48. The van der Waals surface area contributed by atoms with Gasteiger partial charge < -0.3 is 10.1 Å². The van der Waals surface area contributed by atoms with Crippen LogP contribution in [0.25, 0.3) is 0 Å². The fourth-order valence-corrected chi connectivity index (χ4v) is 3.43. The Bertz CT molecular complexity index is 611. The van der Waals surface area contributed by atoms with Gasteiger partial charge in [-0.25, -0.2) is 8.78 Å². The van der Waals surface area contributed by atoms with Crippen LogP contribution in [0.2, 0.25) is 0 Å². The van der Waals surface area contributed by atoms with E-state index >= 15 is 0 Å². The lowest BCUT2D eigenvalue weighted by atomic mass is 9.75. The Morgan fingerprint density at radius 2 is 1.91 bits per heavy atom. The van der Waals surface area contributed by atoms with Gasteiger partial charge in [-0.3, -0.25) is 9.59 Å². The molecule has 1 saturated carbocycles. The van der Waals surface area contributed by atoms with Gasteiger partial charge in [-0.05, 0) is 37.8 Å². The second kappa shape index (κ2) is 5.66. The summed E-state index contributed by atoms with van der Waals surface area (Å²) in [6.45, 7) is 0. The van der Waals surface area contributed by atoms with E-state index in [-0.39, 0.29) is 24.0 Å². The summed E-state index contributed by atoms with van der Waals surface area (Å²) in [6, 6.07) is 3.18. The van der Waals surface area contributed by atoms with Crippen molar-refractivity contribution in [3.8, 4) is 0 Å². The zero-order chi connectivity index (χ0) is 15.7. The lowest BCUT2D eigenvalue weighted by molar-refractivity contribution is -0.153. The Morgan fingerprint density at radius 3 is 2.59 bits per heavy atom. The van der Waals surface area contributed by atoms with Crippen molar-refractivity contribution in [1.82, 2.24) is 0 Å². The minimum atomic E-state index is -1.02. The van der Waals surface area contributed by atoms with Crippen molar-refractivity contribution in [1.29, 1.82) is 0 Å². The number of esters is 1. The Hall–Kier alpha value is -1.98. The first kappa shape index (κ1) is 14.9. The van der Waals surface area contributed by atoms with E-state index in [1.165, 1.54) is 6.07 Å². The predicted molar refractivity (Wildman–Crippen MR) is 75.0 cm³/mol. The number of amides is 1. The van der Waals surface area contributed by atoms with E-state index in [9.17, 15) is 18.4 Å². The number of benzene rings is 1. The van der Waals surface area contributed by atoms with E-state index in [1.54, 1.807) is 0 Å². The van der Waals surface area contributed by atoms with Crippen molar-refractivity contribution in [2.75, 3.05) is 5.32 Å². The van der Waals surface area contributed by atoms with E-state index in [4.69, 9.17) is 4.74 Å². The van der Waals surface area contributed by atoms with Crippen molar-refractivity contribution in [3.63, 3.8) is 0 Å². The molecular weight excluding hydrogens is 292 g/mol. The molecule has 118 valence electrons. The first-order chi connectivity index (χ1) is 10.5. The fourth-order valence-electron chi connectivity index (χ4n) is 3.43. The summed E-state index contributed by atoms with van der Waals surface area (Å²) in [5.74, 6) is -3.32. The van der Waals surface area contributed by atoms with Gasteiger partial charge in [-0.1, -0.05) is 6.42 Å². The molecular formula is C16H17F2NO3. The van der Waals surface area contributed by atoms with Crippen LogP contribution in [0.1, 0.15) is 38.5 Å². The van der Waals surface area contributed by atoms with Crippen molar-refractivity contribution in [3.05, 3.63) is 29.8 Å². The van der Waals surface area contributed by atoms with Gasteiger partial charge in [-0.2, -0.15) is 0 Å². The van der Waals surface area contributed by atoms with Gasteiger partial charge in [0.1, 0.15) is 5.60 Å². The Kier molecular flexibility index (Phi) is 3.85. The Balaban J connectivity index is 1.78. The highest BCUT2D eigenvalue weighted by molar-refractivity contribution is 5.97. The average Bonchev–Trinajstić information content (AvgIpc) is 2.80. The topological polar surface area (TPSA) is 55.4 Å². The maximum atomic E-state index is 13.2. The molecule has 1 atom stereocenters. The molecule has 2 aliphatic rings. The van der Waals surface area contributed by atoms with Crippen LogP contribution in [-0.2, 0) is 14.3 Å². The molecule has 1 spiro atoms. The monoisotopic (exact) mass is 309 g/mol. The van der Waals surface area contributed by atoms with E-state index in [0.29, 0.717) is 12.8 Å². The summed E-state index contributed by atoms with van der Waals surface area (Å²) in [5, 5.41) is 2.57. The summed E-state index contributed by atoms with van der Waals surface area (Å²) in [5.41, 5.74) is -0.549. The van der Waals surface area contributed by atoms with E-state index in [0.717, 1.165) is 31.4 Å². The van der Waals surface area contributed by atoms with E-state index in [1.807, 2.05) is 0 Å². The molecule has 22 heavy (non-hydrogen) atoms. The second-order valence-corrected chi connectivity index (χ2v) is 5.97. The number of carbonyl (C=O) groups is 2. The molecule has 1 saturated heterocycles. The van der Waals surface area contributed by atoms with Gasteiger partial charge >= 0.3 is 5.97 Å². The average molecular weight is 309 g/mol. The summed E-state index contributed by atoms with van der Waals surface area (Å²) >= 11 is 0. The number of carbonyl (C=O) groups excluding carboxylic acids is 2. The molecule has 3 rings (SSSR count). The van der Waals surface area contributed by atoms with Crippen molar-refractivity contribution < 1.29 is 23.1 Å². The van der Waals surface area contributed by atoms with Crippen LogP contribution in [0, 0.1) is 17.6 Å². The zero-order valence-corrected chi connectivity index (χ0v) is 12.0. The van der Waals surface area contributed by atoms with E-state index < -0.39 is 23.2 Å². The third-order valence-corrected chi connectivity index (χ3v) is 4.53. The van der Waals surface area contributed by atoms with Crippen LogP contribution >= 0.6 is 0 Å². The number of ether oxygens (including phenoxy) is 1. The zero-order valence-electron chi connectivity index (χ0n) is 12.0. The van der Waals surface area contributed by atoms with Crippen molar-refractivity contribution >= 4 is 17.6 Å². The quantitative estimate of drug-likeness (QED) is 0.854. The fraction of sp³-hybridized carbons (Fsp3) is 0.500. The molecule has 0 bridgehead atoms. The normalized spacial score (nSPS) is 23.4. The molecule has 0 radical (unpaired) electrons. The molecule has 0 aromatic heterocycles. The van der Waals surface area contributed by atoms with Gasteiger partial charge in [0.05, 0.1) is 12.3 Å². The van der Waals surface area contributed by atoms with Gasteiger partial charge in [0.25, 0.3) is 0 Å². The van der Waals surface area contributed by atoms with E-state index in [2.05, 4.69) is 5.32 Å². The number of anilines is 1. The largest absolute Gasteiger partial charge is 0.458 e. The van der Waals surface area contributed by atoms with Crippen LogP contribution in [0.3, 0.4) is 0 Å². The molecule has 1 amide bonds. The Morgan fingerprint density at radius 1 is 1.18 bits per heavy atom. The predicted octanol–water partition coefficient (Wildman–Crippen LogP) is 3.17. The third kappa shape index (κ3) is 2.69. The molecule has 1 aliphatic carbocycles. The minimum Gasteiger partial charge on any atom is -0.458 e. The number of rotatable bonds is 2. The number of halogens is 2. The van der Waals surface area contributed by atoms with Crippen molar-refractivity contribution in [2.24, 2.45) is 5.92 Å². The van der Waals surface area contributed by atoms with Crippen LogP contribution < -0.4 is 5.32 Å². The van der Waals surface area contributed by atoms with Gasteiger partial charge in [0.15, 0.2) is 11.6 Å². The molecule has 2 fully saturated rings. The van der Waals surface area contributed by atoms with Crippen LogP contribution in [0.15, 0.2) is 18.2 Å². The number of hydrogen-bond donors (Lipinski definition) is 1. The van der Waals surface area contributed by atoms with Crippen LogP contribution in [-0.4, -0.2) is 17.5 Å². The van der Waals surface area contributed by atoms with Crippen LogP contribution in [0.4, 0.5) is 14.5 Å². The maximum Gasteiger partial charge on any atom is 0.307 e. The minimum absolute atomic E-state index is 0.0372. The maximum absolute atomic E-state index is 13.2. The second-order valence-electron chi connectivity index (χ2n) is 5.97. The first-order valence-corrected chi connectivity index (χ1v) is 7.48. The van der Waals surface area contributed by atoms with Gasteiger partial charge in [0, 0.05) is 11.8 Å². The molecule has 1 aliphatic heterocycles.